The summed E-state index contributed by atoms with van der Waals surface area (Å²) in [6, 6.07) is 1.87. The van der Waals surface area contributed by atoms with Crippen molar-refractivity contribution in [3.8, 4) is 0 Å². The molecule has 2 aliphatic heterocycles. The number of fused-ring (bicyclic) bond motifs is 1. The van der Waals surface area contributed by atoms with Crippen molar-refractivity contribution in [2.24, 2.45) is 5.92 Å². The first kappa shape index (κ1) is 13.6. The summed E-state index contributed by atoms with van der Waals surface area (Å²) < 4.78 is 5.72. The molecule has 3 heterocycles. The van der Waals surface area contributed by atoms with Crippen LogP contribution in [0, 0.1) is 5.92 Å². The lowest BCUT2D eigenvalue weighted by Crippen LogP contribution is -2.37. The van der Waals surface area contributed by atoms with Crippen LogP contribution in [0.5, 0.6) is 0 Å². The van der Waals surface area contributed by atoms with E-state index < -0.39 is 0 Å². The van der Waals surface area contributed by atoms with Crippen molar-refractivity contribution in [2.75, 3.05) is 27.2 Å². The van der Waals surface area contributed by atoms with Gasteiger partial charge in [0.1, 0.15) is 0 Å². The number of likely N-dealkylation sites (tertiary alicyclic amines) is 1. The van der Waals surface area contributed by atoms with Gasteiger partial charge in [-0.2, -0.15) is 11.3 Å². The van der Waals surface area contributed by atoms with Crippen molar-refractivity contribution >= 4 is 23.2 Å². The Labute approximate surface area is 122 Å². The summed E-state index contributed by atoms with van der Waals surface area (Å²) in [6.07, 6.45) is 0.671. The molecule has 6 heteroatoms. The quantitative estimate of drug-likeness (QED) is 0.820. The van der Waals surface area contributed by atoms with Crippen molar-refractivity contribution in [3.63, 3.8) is 0 Å². The minimum absolute atomic E-state index is 0.0146. The van der Waals surface area contributed by atoms with Crippen LogP contribution >= 0.6 is 11.3 Å². The molecule has 0 bridgehead atoms. The van der Waals surface area contributed by atoms with Gasteiger partial charge in [-0.05, 0) is 17.9 Å². The molecule has 2 aliphatic rings. The molecule has 3 rings (SSSR count). The Morgan fingerprint density at radius 1 is 1.45 bits per heavy atom. The van der Waals surface area contributed by atoms with Gasteiger partial charge in [0, 0.05) is 32.6 Å². The standard InChI is InChI=1S/C14H18N2O3S/c1-15(2)14(18)10-7-16(11-3-5-19-12(10)11)13(17)9-4-6-20-8-9/h4,6,8,10-12H,3,5,7H2,1-2H3. The van der Waals surface area contributed by atoms with E-state index in [0.29, 0.717) is 18.7 Å². The molecule has 3 atom stereocenters. The summed E-state index contributed by atoms with van der Waals surface area (Å²) in [6.45, 7) is 1.08. The van der Waals surface area contributed by atoms with Gasteiger partial charge in [-0.15, -0.1) is 0 Å². The second-order valence-corrected chi connectivity index (χ2v) is 6.28. The number of nitrogens with zero attached hydrogens (tertiary/aromatic N) is 2. The molecule has 2 amide bonds. The van der Waals surface area contributed by atoms with Gasteiger partial charge in [0.25, 0.3) is 5.91 Å². The smallest absolute Gasteiger partial charge is 0.255 e. The van der Waals surface area contributed by atoms with Crippen molar-refractivity contribution < 1.29 is 14.3 Å². The van der Waals surface area contributed by atoms with E-state index in [-0.39, 0.29) is 29.9 Å². The van der Waals surface area contributed by atoms with E-state index in [9.17, 15) is 9.59 Å². The topological polar surface area (TPSA) is 49.9 Å². The number of rotatable bonds is 2. The summed E-state index contributed by atoms with van der Waals surface area (Å²) >= 11 is 1.51. The molecule has 0 N–H and O–H groups in total. The minimum atomic E-state index is -0.236. The molecular weight excluding hydrogens is 276 g/mol. The largest absolute Gasteiger partial charge is 0.375 e. The number of thiophene rings is 1. The molecule has 2 fully saturated rings. The highest BCUT2D eigenvalue weighted by atomic mass is 32.1. The molecule has 5 nitrogen and oxygen atoms in total. The van der Waals surface area contributed by atoms with Gasteiger partial charge in [-0.25, -0.2) is 0 Å². The third kappa shape index (κ3) is 2.13. The molecular formula is C14H18N2O3S. The fourth-order valence-corrected chi connectivity index (χ4v) is 3.73. The van der Waals surface area contributed by atoms with Gasteiger partial charge in [-0.1, -0.05) is 0 Å². The highest BCUT2D eigenvalue weighted by Gasteiger charge is 2.50. The lowest BCUT2D eigenvalue weighted by atomic mass is 10.0. The molecule has 0 radical (unpaired) electrons. The van der Waals surface area contributed by atoms with E-state index in [4.69, 9.17) is 4.74 Å². The van der Waals surface area contributed by atoms with E-state index >= 15 is 0 Å². The zero-order chi connectivity index (χ0) is 14.3. The van der Waals surface area contributed by atoms with E-state index in [0.717, 1.165) is 6.42 Å². The first-order valence-corrected chi connectivity index (χ1v) is 7.70. The Morgan fingerprint density at radius 2 is 2.25 bits per heavy atom. The number of carbonyl (C=O) groups excluding carboxylic acids is 2. The summed E-state index contributed by atoms with van der Waals surface area (Å²) in [5.74, 6) is -0.177. The number of hydrogen-bond donors (Lipinski definition) is 0. The van der Waals surface area contributed by atoms with Crippen molar-refractivity contribution in [1.29, 1.82) is 0 Å². The highest BCUT2D eigenvalue weighted by molar-refractivity contribution is 7.08. The zero-order valence-corrected chi connectivity index (χ0v) is 12.4. The Bertz CT molecular complexity index is 514. The fourth-order valence-electron chi connectivity index (χ4n) is 3.10. The van der Waals surface area contributed by atoms with Crippen molar-refractivity contribution in [2.45, 2.75) is 18.6 Å². The Kier molecular flexibility index (Phi) is 3.52. The van der Waals surface area contributed by atoms with Crippen LogP contribution in [0.15, 0.2) is 16.8 Å². The van der Waals surface area contributed by atoms with Crippen LogP contribution in [-0.4, -0.2) is 61.0 Å². The maximum atomic E-state index is 12.5. The van der Waals surface area contributed by atoms with Crippen LogP contribution in [-0.2, 0) is 9.53 Å². The van der Waals surface area contributed by atoms with Crippen LogP contribution in [0.3, 0.4) is 0 Å². The maximum absolute atomic E-state index is 12.5. The summed E-state index contributed by atoms with van der Waals surface area (Å²) in [5, 5.41) is 3.75. The molecule has 3 unspecified atom stereocenters. The monoisotopic (exact) mass is 294 g/mol. The summed E-state index contributed by atoms with van der Waals surface area (Å²) in [5.41, 5.74) is 0.707. The van der Waals surface area contributed by atoms with Gasteiger partial charge < -0.3 is 14.5 Å². The van der Waals surface area contributed by atoms with E-state index in [1.54, 1.807) is 19.0 Å². The lowest BCUT2D eigenvalue weighted by molar-refractivity contribution is -0.135. The van der Waals surface area contributed by atoms with E-state index in [2.05, 4.69) is 0 Å². The molecule has 1 aromatic heterocycles. The fraction of sp³-hybridized carbons (Fsp3) is 0.571. The number of ether oxygens (including phenoxy) is 1. The predicted molar refractivity (Wildman–Crippen MR) is 75.7 cm³/mol. The van der Waals surface area contributed by atoms with Crippen LogP contribution in [0.1, 0.15) is 16.8 Å². The third-order valence-electron chi connectivity index (χ3n) is 4.08. The average molecular weight is 294 g/mol. The van der Waals surface area contributed by atoms with E-state index in [1.165, 1.54) is 11.3 Å². The molecule has 108 valence electrons. The molecule has 0 spiro atoms. The van der Waals surface area contributed by atoms with Crippen LogP contribution in [0.4, 0.5) is 0 Å². The van der Waals surface area contributed by atoms with Crippen LogP contribution in [0.25, 0.3) is 0 Å². The second kappa shape index (κ2) is 5.18. The predicted octanol–water partition coefficient (Wildman–Crippen LogP) is 1.07. The van der Waals surface area contributed by atoms with Gasteiger partial charge in [0.2, 0.25) is 5.91 Å². The molecule has 0 aromatic carbocycles. The minimum Gasteiger partial charge on any atom is -0.375 e. The van der Waals surface area contributed by atoms with Gasteiger partial charge in [-0.3, -0.25) is 9.59 Å². The lowest BCUT2D eigenvalue weighted by Gasteiger charge is -2.22. The molecule has 2 saturated heterocycles. The zero-order valence-electron chi connectivity index (χ0n) is 11.6. The van der Waals surface area contributed by atoms with Crippen LogP contribution in [0.2, 0.25) is 0 Å². The molecule has 1 aromatic rings. The first-order valence-electron chi connectivity index (χ1n) is 6.75. The molecule has 0 aliphatic carbocycles. The molecule has 20 heavy (non-hydrogen) atoms. The Hall–Kier alpha value is -1.40. The second-order valence-electron chi connectivity index (χ2n) is 5.50. The van der Waals surface area contributed by atoms with Gasteiger partial charge >= 0.3 is 0 Å². The van der Waals surface area contributed by atoms with E-state index in [1.807, 2.05) is 21.7 Å². The number of hydrogen-bond acceptors (Lipinski definition) is 4. The summed E-state index contributed by atoms with van der Waals surface area (Å²) in [4.78, 5) is 28.2. The number of amides is 2. The molecule has 0 saturated carbocycles. The Balaban J connectivity index is 1.83. The highest BCUT2D eigenvalue weighted by Crippen LogP contribution is 2.35. The van der Waals surface area contributed by atoms with Gasteiger partial charge in [0.15, 0.2) is 0 Å². The van der Waals surface area contributed by atoms with Crippen molar-refractivity contribution in [3.05, 3.63) is 22.4 Å². The third-order valence-corrected chi connectivity index (χ3v) is 4.76. The van der Waals surface area contributed by atoms with Crippen LogP contribution < -0.4 is 0 Å². The SMILES string of the molecule is CN(C)C(=O)C1CN(C(=O)c2ccsc2)C2CCOC12. The maximum Gasteiger partial charge on any atom is 0.255 e. The first-order chi connectivity index (χ1) is 9.59. The van der Waals surface area contributed by atoms with Crippen molar-refractivity contribution in [1.82, 2.24) is 9.80 Å². The summed E-state index contributed by atoms with van der Waals surface area (Å²) in [7, 11) is 3.49. The number of carbonyl (C=O) groups is 2. The van der Waals surface area contributed by atoms with Gasteiger partial charge in [0.05, 0.1) is 23.6 Å². The normalized spacial score (nSPS) is 28.5. The Morgan fingerprint density at radius 3 is 2.90 bits per heavy atom. The average Bonchev–Trinajstić information content (AvgIpc) is 3.13.